The van der Waals surface area contributed by atoms with Gasteiger partial charge in [-0.05, 0) is 50.6 Å². The SMILES string of the molecule is Cc1ccc(Cl)cc1S(=O)(=O)Nc1ccc2c(c1)OCC(C)(C)C(=O)N2. The summed E-state index contributed by atoms with van der Waals surface area (Å²) in [6.07, 6.45) is 0. The Labute approximate surface area is 157 Å². The Morgan fingerprint density at radius 2 is 1.92 bits per heavy atom. The quantitative estimate of drug-likeness (QED) is 0.829. The van der Waals surface area contributed by atoms with Crippen molar-refractivity contribution >= 4 is 38.9 Å². The molecule has 2 aromatic rings. The molecule has 1 amide bonds. The van der Waals surface area contributed by atoms with Crippen LogP contribution in [0.25, 0.3) is 0 Å². The van der Waals surface area contributed by atoms with Crippen molar-refractivity contribution in [3.05, 3.63) is 47.0 Å². The number of hydrogen-bond acceptors (Lipinski definition) is 4. The fourth-order valence-corrected chi connectivity index (χ4v) is 4.06. The van der Waals surface area contributed by atoms with Gasteiger partial charge in [-0.15, -0.1) is 0 Å². The van der Waals surface area contributed by atoms with Crippen LogP contribution in [-0.4, -0.2) is 20.9 Å². The molecule has 2 N–H and O–H groups in total. The predicted molar refractivity (Wildman–Crippen MR) is 101 cm³/mol. The van der Waals surface area contributed by atoms with E-state index in [2.05, 4.69) is 10.0 Å². The molecule has 1 aliphatic rings. The van der Waals surface area contributed by atoms with Gasteiger partial charge in [0.2, 0.25) is 5.91 Å². The fourth-order valence-electron chi connectivity index (χ4n) is 2.50. The van der Waals surface area contributed by atoms with Crippen molar-refractivity contribution in [2.75, 3.05) is 16.6 Å². The van der Waals surface area contributed by atoms with Crippen LogP contribution in [0.3, 0.4) is 0 Å². The van der Waals surface area contributed by atoms with E-state index >= 15 is 0 Å². The van der Waals surface area contributed by atoms with Gasteiger partial charge in [0.05, 0.1) is 21.7 Å². The zero-order valence-corrected chi connectivity index (χ0v) is 16.2. The van der Waals surface area contributed by atoms with E-state index in [1.54, 1.807) is 51.1 Å². The molecule has 8 heteroatoms. The number of hydrogen-bond donors (Lipinski definition) is 2. The lowest BCUT2D eigenvalue weighted by Crippen LogP contribution is -2.33. The summed E-state index contributed by atoms with van der Waals surface area (Å²) in [4.78, 5) is 12.3. The van der Waals surface area contributed by atoms with Crippen LogP contribution in [0, 0.1) is 12.3 Å². The fraction of sp³-hybridized carbons (Fsp3) is 0.278. The maximum atomic E-state index is 12.7. The summed E-state index contributed by atoms with van der Waals surface area (Å²) in [5.41, 5.74) is 0.734. The Morgan fingerprint density at radius 3 is 2.65 bits per heavy atom. The minimum atomic E-state index is -3.81. The van der Waals surface area contributed by atoms with Gasteiger partial charge in [0.1, 0.15) is 12.4 Å². The molecular weight excluding hydrogens is 376 g/mol. The zero-order valence-electron chi connectivity index (χ0n) is 14.6. The molecule has 0 aliphatic carbocycles. The number of carbonyl (C=O) groups is 1. The molecule has 1 aliphatic heterocycles. The third-order valence-electron chi connectivity index (χ3n) is 4.12. The average Bonchev–Trinajstić information content (AvgIpc) is 2.66. The lowest BCUT2D eigenvalue weighted by Gasteiger charge is -2.18. The van der Waals surface area contributed by atoms with Gasteiger partial charge < -0.3 is 10.1 Å². The zero-order chi connectivity index (χ0) is 19.1. The Bertz CT molecular complexity index is 987. The molecule has 138 valence electrons. The highest BCUT2D eigenvalue weighted by Gasteiger charge is 2.32. The standard InChI is InChI=1S/C18H19ClN2O4S/c1-11-4-5-12(19)8-16(11)26(23,24)21-13-6-7-14-15(9-13)25-10-18(2,3)17(22)20-14/h4-9,21H,10H2,1-3H3,(H,20,22). The van der Waals surface area contributed by atoms with E-state index in [0.717, 1.165) is 0 Å². The van der Waals surface area contributed by atoms with E-state index in [9.17, 15) is 13.2 Å². The molecule has 0 spiro atoms. The molecule has 0 saturated heterocycles. The van der Waals surface area contributed by atoms with Gasteiger partial charge in [0.25, 0.3) is 10.0 Å². The van der Waals surface area contributed by atoms with Crippen molar-refractivity contribution in [3.63, 3.8) is 0 Å². The van der Waals surface area contributed by atoms with Gasteiger partial charge in [-0.1, -0.05) is 17.7 Å². The Hall–Kier alpha value is -2.25. The number of anilines is 2. The molecule has 6 nitrogen and oxygen atoms in total. The van der Waals surface area contributed by atoms with Crippen molar-refractivity contribution in [1.82, 2.24) is 0 Å². The molecule has 0 aromatic heterocycles. The van der Waals surface area contributed by atoms with Crippen molar-refractivity contribution in [3.8, 4) is 5.75 Å². The second-order valence-corrected chi connectivity index (χ2v) is 8.94. The largest absolute Gasteiger partial charge is 0.490 e. The third-order valence-corrected chi connectivity index (χ3v) is 5.88. The Kier molecular flexibility index (Phi) is 4.62. The number of nitrogens with one attached hydrogen (secondary N) is 2. The highest BCUT2D eigenvalue weighted by molar-refractivity contribution is 7.92. The predicted octanol–water partition coefficient (Wildman–Crippen LogP) is 3.81. The van der Waals surface area contributed by atoms with Crippen LogP contribution in [-0.2, 0) is 14.8 Å². The average molecular weight is 395 g/mol. The van der Waals surface area contributed by atoms with Crippen molar-refractivity contribution < 1.29 is 17.9 Å². The number of ether oxygens (including phenoxy) is 1. The monoisotopic (exact) mass is 394 g/mol. The number of benzene rings is 2. The highest BCUT2D eigenvalue weighted by atomic mass is 35.5. The summed E-state index contributed by atoms with van der Waals surface area (Å²) in [5.74, 6) is 0.256. The van der Waals surface area contributed by atoms with E-state index in [-0.39, 0.29) is 17.4 Å². The molecule has 0 bridgehead atoms. The molecule has 26 heavy (non-hydrogen) atoms. The minimum Gasteiger partial charge on any atom is -0.490 e. The van der Waals surface area contributed by atoms with Crippen LogP contribution >= 0.6 is 11.6 Å². The first-order chi connectivity index (χ1) is 12.1. The van der Waals surface area contributed by atoms with Crippen LogP contribution in [0.15, 0.2) is 41.3 Å². The van der Waals surface area contributed by atoms with Crippen molar-refractivity contribution in [2.45, 2.75) is 25.7 Å². The first-order valence-electron chi connectivity index (χ1n) is 7.96. The maximum Gasteiger partial charge on any atom is 0.262 e. The third kappa shape index (κ3) is 3.64. The summed E-state index contributed by atoms with van der Waals surface area (Å²) < 4.78 is 33.6. The van der Waals surface area contributed by atoms with Crippen LogP contribution in [0.1, 0.15) is 19.4 Å². The summed E-state index contributed by atoms with van der Waals surface area (Å²) in [7, 11) is -3.81. The number of halogens is 1. The van der Waals surface area contributed by atoms with Crippen molar-refractivity contribution in [1.29, 1.82) is 0 Å². The highest BCUT2D eigenvalue weighted by Crippen LogP contribution is 2.35. The number of sulfonamides is 1. The van der Waals surface area contributed by atoms with Crippen LogP contribution in [0.4, 0.5) is 11.4 Å². The number of aryl methyl sites for hydroxylation is 1. The van der Waals surface area contributed by atoms with Crippen LogP contribution < -0.4 is 14.8 Å². The number of fused-ring (bicyclic) bond motifs is 1. The molecule has 0 saturated carbocycles. The lowest BCUT2D eigenvalue weighted by molar-refractivity contribution is -0.124. The maximum absolute atomic E-state index is 12.7. The summed E-state index contributed by atoms with van der Waals surface area (Å²) in [6.45, 7) is 5.44. The topological polar surface area (TPSA) is 84.5 Å². The Balaban J connectivity index is 1.92. The lowest BCUT2D eigenvalue weighted by atomic mass is 9.94. The van der Waals surface area contributed by atoms with Gasteiger partial charge >= 0.3 is 0 Å². The van der Waals surface area contributed by atoms with Gasteiger partial charge in [-0.25, -0.2) is 8.42 Å². The summed E-state index contributed by atoms with van der Waals surface area (Å²) >= 11 is 5.93. The summed E-state index contributed by atoms with van der Waals surface area (Å²) in [6, 6.07) is 9.41. The number of carbonyl (C=O) groups excluding carboxylic acids is 1. The van der Waals surface area contributed by atoms with E-state index < -0.39 is 15.4 Å². The van der Waals surface area contributed by atoms with E-state index in [1.807, 2.05) is 0 Å². The smallest absolute Gasteiger partial charge is 0.262 e. The molecule has 0 unspecified atom stereocenters. The normalized spacial score (nSPS) is 16.1. The van der Waals surface area contributed by atoms with Gasteiger partial charge in [0, 0.05) is 11.1 Å². The molecule has 1 heterocycles. The molecule has 3 rings (SSSR count). The first kappa shape index (κ1) is 18.5. The van der Waals surface area contributed by atoms with Gasteiger partial charge in [-0.3, -0.25) is 9.52 Å². The van der Waals surface area contributed by atoms with Gasteiger partial charge in [0.15, 0.2) is 0 Å². The second-order valence-electron chi connectivity index (χ2n) is 6.85. The van der Waals surface area contributed by atoms with E-state index in [1.165, 1.54) is 6.07 Å². The number of amides is 1. The van der Waals surface area contributed by atoms with E-state index in [0.29, 0.717) is 27.7 Å². The molecule has 0 radical (unpaired) electrons. The van der Waals surface area contributed by atoms with Crippen LogP contribution in [0.2, 0.25) is 5.02 Å². The van der Waals surface area contributed by atoms with E-state index in [4.69, 9.17) is 16.3 Å². The Morgan fingerprint density at radius 1 is 1.19 bits per heavy atom. The molecule has 2 aromatic carbocycles. The second kappa shape index (κ2) is 6.48. The first-order valence-corrected chi connectivity index (χ1v) is 9.82. The van der Waals surface area contributed by atoms with Crippen LogP contribution in [0.5, 0.6) is 5.75 Å². The minimum absolute atomic E-state index is 0.107. The summed E-state index contributed by atoms with van der Waals surface area (Å²) in [5, 5.41) is 3.13. The molecule has 0 fully saturated rings. The molecule has 0 atom stereocenters. The number of rotatable bonds is 3. The molecular formula is C18H19ClN2O4S. The van der Waals surface area contributed by atoms with Gasteiger partial charge in [-0.2, -0.15) is 0 Å². The van der Waals surface area contributed by atoms with Crippen molar-refractivity contribution in [2.24, 2.45) is 5.41 Å².